The molecule has 39 heavy (non-hydrogen) atoms. The summed E-state index contributed by atoms with van der Waals surface area (Å²) in [5.74, 6) is -2.74. The summed E-state index contributed by atoms with van der Waals surface area (Å²) >= 11 is 0. The molecule has 1 saturated carbocycles. The van der Waals surface area contributed by atoms with Gasteiger partial charge in [0.25, 0.3) is 0 Å². The summed E-state index contributed by atoms with van der Waals surface area (Å²) in [6, 6.07) is 18.3. The Bertz CT molecular complexity index is 1100. The maximum atomic E-state index is 13.7. The number of hydrogen-bond acceptors (Lipinski definition) is 7. The van der Waals surface area contributed by atoms with Gasteiger partial charge in [-0.2, -0.15) is 0 Å². The van der Waals surface area contributed by atoms with Gasteiger partial charge in [-0.15, -0.1) is 0 Å². The zero-order valence-electron chi connectivity index (χ0n) is 22.9. The Hall–Kier alpha value is -3.94. The highest BCUT2D eigenvalue weighted by Crippen LogP contribution is 2.49. The van der Waals surface area contributed by atoms with Crippen LogP contribution in [0.3, 0.4) is 0 Å². The first kappa shape index (κ1) is 29.6. The molecular formula is C31H37NO7. The molecule has 0 spiro atoms. The summed E-state index contributed by atoms with van der Waals surface area (Å²) in [4.78, 5) is 54.4. The van der Waals surface area contributed by atoms with Crippen molar-refractivity contribution in [3.63, 3.8) is 0 Å². The van der Waals surface area contributed by atoms with Crippen molar-refractivity contribution < 1.29 is 33.4 Å². The number of allylic oxidation sites excluding steroid dienone is 1. The lowest BCUT2D eigenvalue weighted by atomic mass is 9.84. The Balaban J connectivity index is 1.94. The summed E-state index contributed by atoms with van der Waals surface area (Å²) in [6.07, 6.45) is 1.29. The van der Waals surface area contributed by atoms with Crippen molar-refractivity contribution in [3.8, 4) is 0 Å². The molecule has 1 unspecified atom stereocenters. The van der Waals surface area contributed by atoms with Crippen LogP contribution in [0.15, 0.2) is 72.3 Å². The van der Waals surface area contributed by atoms with Gasteiger partial charge < -0.3 is 19.1 Å². The highest BCUT2D eigenvalue weighted by molar-refractivity contribution is 6.01. The lowest BCUT2D eigenvalue weighted by molar-refractivity contribution is -0.174. The molecule has 0 N–H and O–H groups in total. The second kappa shape index (κ2) is 14.3. The molecule has 2 aromatic carbocycles. The summed E-state index contributed by atoms with van der Waals surface area (Å²) in [5.41, 5.74) is 0.378. The maximum Gasteiger partial charge on any atom is 0.324 e. The van der Waals surface area contributed by atoms with Crippen molar-refractivity contribution in [1.82, 2.24) is 4.90 Å². The van der Waals surface area contributed by atoms with Crippen LogP contribution < -0.4 is 0 Å². The van der Waals surface area contributed by atoms with Gasteiger partial charge in [-0.05, 0) is 50.7 Å². The summed E-state index contributed by atoms with van der Waals surface area (Å²) in [6.45, 7) is 6.62. The molecule has 1 amide bonds. The molecular weight excluding hydrogens is 498 g/mol. The fourth-order valence-electron chi connectivity index (χ4n) is 4.81. The average Bonchev–Trinajstić information content (AvgIpc) is 3.30. The van der Waals surface area contributed by atoms with E-state index in [1.807, 2.05) is 74.5 Å². The maximum absolute atomic E-state index is 13.7. The van der Waals surface area contributed by atoms with Gasteiger partial charge in [0.15, 0.2) is 5.41 Å². The molecule has 208 valence electrons. The van der Waals surface area contributed by atoms with Crippen LogP contribution in [0.5, 0.6) is 0 Å². The van der Waals surface area contributed by atoms with Crippen LogP contribution in [0, 0.1) is 11.3 Å². The third-order valence-corrected chi connectivity index (χ3v) is 6.93. The second-order valence-corrected chi connectivity index (χ2v) is 9.52. The normalized spacial score (nSPS) is 16.9. The van der Waals surface area contributed by atoms with E-state index in [-0.39, 0.29) is 45.0 Å². The van der Waals surface area contributed by atoms with Crippen LogP contribution in [0.25, 0.3) is 0 Å². The van der Waals surface area contributed by atoms with Gasteiger partial charge in [0.05, 0.1) is 13.0 Å². The number of rotatable bonds is 12. The number of nitrogens with zero attached hydrogens (tertiary/aromatic N) is 1. The van der Waals surface area contributed by atoms with E-state index in [1.165, 1.54) is 6.08 Å². The minimum atomic E-state index is -1.70. The quantitative estimate of drug-likeness (QED) is 0.169. The Labute approximate surface area is 229 Å². The molecule has 1 fully saturated rings. The molecule has 1 atom stereocenters. The number of likely N-dealkylation sites (N-methyl/N-ethyl adjacent to an activating group) is 1. The van der Waals surface area contributed by atoms with Gasteiger partial charge in [0, 0.05) is 19.2 Å². The van der Waals surface area contributed by atoms with Crippen LogP contribution in [0.2, 0.25) is 0 Å². The molecule has 3 rings (SSSR count). The molecule has 0 bridgehead atoms. The topological polar surface area (TPSA) is 99.2 Å². The highest BCUT2D eigenvalue weighted by Gasteiger charge is 2.56. The smallest absolute Gasteiger partial charge is 0.324 e. The lowest BCUT2D eigenvalue weighted by Crippen LogP contribution is -2.40. The van der Waals surface area contributed by atoms with Crippen molar-refractivity contribution in [2.24, 2.45) is 11.3 Å². The minimum absolute atomic E-state index is 0.0205. The number of amides is 1. The van der Waals surface area contributed by atoms with Crippen LogP contribution in [-0.2, 0) is 46.6 Å². The van der Waals surface area contributed by atoms with E-state index in [0.29, 0.717) is 18.7 Å². The molecule has 0 aliphatic heterocycles. The van der Waals surface area contributed by atoms with Crippen LogP contribution in [0.1, 0.15) is 51.2 Å². The predicted octanol–water partition coefficient (Wildman–Crippen LogP) is 4.62. The molecule has 0 radical (unpaired) electrons. The number of benzene rings is 2. The van der Waals surface area contributed by atoms with Gasteiger partial charge in [-0.25, -0.2) is 0 Å². The SMILES string of the molecule is CCOC(=O)CC1CC(C(=O)OCc2ccccc2)(C(=O)OCc2ccccc2)C/C1=C\C(=O)N(CC)CC. The highest BCUT2D eigenvalue weighted by atomic mass is 16.6. The Morgan fingerprint density at radius 2 is 1.33 bits per heavy atom. The lowest BCUT2D eigenvalue weighted by Gasteiger charge is -2.25. The molecule has 1 aliphatic rings. The molecule has 8 heteroatoms. The van der Waals surface area contributed by atoms with Crippen molar-refractivity contribution >= 4 is 23.8 Å². The van der Waals surface area contributed by atoms with Crippen molar-refractivity contribution in [2.75, 3.05) is 19.7 Å². The number of ether oxygens (including phenoxy) is 3. The first-order valence-electron chi connectivity index (χ1n) is 13.4. The summed E-state index contributed by atoms with van der Waals surface area (Å²) < 4.78 is 16.5. The first-order valence-corrected chi connectivity index (χ1v) is 13.4. The Kier molecular flexibility index (Phi) is 10.8. The third-order valence-electron chi connectivity index (χ3n) is 6.93. The largest absolute Gasteiger partial charge is 0.466 e. The predicted molar refractivity (Wildman–Crippen MR) is 145 cm³/mol. The zero-order valence-corrected chi connectivity index (χ0v) is 22.9. The molecule has 0 saturated heterocycles. The number of hydrogen-bond donors (Lipinski definition) is 0. The van der Waals surface area contributed by atoms with Crippen molar-refractivity contribution in [2.45, 2.75) is 53.2 Å². The van der Waals surface area contributed by atoms with E-state index < -0.39 is 29.2 Å². The van der Waals surface area contributed by atoms with E-state index in [4.69, 9.17) is 14.2 Å². The van der Waals surface area contributed by atoms with Gasteiger partial charge in [-0.1, -0.05) is 66.2 Å². The van der Waals surface area contributed by atoms with Gasteiger partial charge in [-0.3, -0.25) is 19.2 Å². The summed E-state index contributed by atoms with van der Waals surface area (Å²) in [5, 5.41) is 0. The van der Waals surface area contributed by atoms with Crippen molar-refractivity contribution in [3.05, 3.63) is 83.4 Å². The van der Waals surface area contributed by atoms with Gasteiger partial charge >= 0.3 is 17.9 Å². The number of carbonyl (C=O) groups is 4. The number of carbonyl (C=O) groups excluding carboxylic acids is 4. The second-order valence-electron chi connectivity index (χ2n) is 9.52. The van der Waals surface area contributed by atoms with Crippen LogP contribution in [0.4, 0.5) is 0 Å². The monoisotopic (exact) mass is 535 g/mol. The van der Waals surface area contributed by atoms with Crippen molar-refractivity contribution in [1.29, 1.82) is 0 Å². The average molecular weight is 536 g/mol. The Morgan fingerprint density at radius 1 is 0.821 bits per heavy atom. The van der Waals surface area contributed by atoms with Gasteiger partial charge in [0.1, 0.15) is 13.2 Å². The van der Waals surface area contributed by atoms with E-state index >= 15 is 0 Å². The first-order chi connectivity index (χ1) is 18.8. The Morgan fingerprint density at radius 3 is 1.79 bits per heavy atom. The molecule has 1 aliphatic carbocycles. The van der Waals surface area contributed by atoms with Crippen LogP contribution in [-0.4, -0.2) is 48.4 Å². The molecule has 8 nitrogen and oxygen atoms in total. The van der Waals surface area contributed by atoms with Crippen LogP contribution >= 0.6 is 0 Å². The standard InChI is InChI=1S/C31H37NO7/c1-4-32(5-2)27(33)17-25-19-31(20-26(25)18-28(34)37-6-3,29(35)38-21-23-13-9-7-10-14-23)30(36)39-22-24-15-11-8-12-16-24/h7-17,26H,4-6,18-22H2,1-3H3/b25-17+. The third kappa shape index (κ3) is 7.78. The van der Waals surface area contributed by atoms with E-state index in [9.17, 15) is 19.2 Å². The fraction of sp³-hybridized carbons (Fsp3) is 0.419. The van der Waals surface area contributed by atoms with Gasteiger partial charge in [0.2, 0.25) is 5.91 Å². The van der Waals surface area contributed by atoms with E-state index in [1.54, 1.807) is 11.8 Å². The zero-order chi connectivity index (χ0) is 28.3. The molecule has 2 aromatic rings. The minimum Gasteiger partial charge on any atom is -0.466 e. The molecule has 0 aromatic heterocycles. The van der Waals surface area contributed by atoms with E-state index in [0.717, 1.165) is 11.1 Å². The van der Waals surface area contributed by atoms with E-state index in [2.05, 4.69) is 0 Å². The fourth-order valence-corrected chi connectivity index (χ4v) is 4.81. The summed E-state index contributed by atoms with van der Waals surface area (Å²) in [7, 11) is 0. The molecule has 0 heterocycles. The number of esters is 3.